The summed E-state index contributed by atoms with van der Waals surface area (Å²) in [5, 5.41) is 11.0. The van der Waals surface area contributed by atoms with Crippen LogP contribution in [-0.4, -0.2) is 70.5 Å². The lowest BCUT2D eigenvalue weighted by atomic mass is 9.85. The summed E-state index contributed by atoms with van der Waals surface area (Å²) in [4.78, 5) is 41.6. The molecule has 5 aromatic rings. The first kappa shape index (κ1) is 26.7. The summed E-state index contributed by atoms with van der Waals surface area (Å²) in [6.07, 6.45) is 7.69. The number of amides is 1. The van der Waals surface area contributed by atoms with Gasteiger partial charge in [-0.1, -0.05) is 6.07 Å². The van der Waals surface area contributed by atoms with E-state index in [1.807, 2.05) is 11.0 Å². The second kappa shape index (κ2) is 10.3. The average Bonchev–Trinajstić information content (AvgIpc) is 3.75. The zero-order chi connectivity index (χ0) is 29.8. The number of Topliss-reactive ketones (excluding diaryl/α,β-unsaturated/α-hetero) is 1. The van der Waals surface area contributed by atoms with E-state index in [1.165, 1.54) is 30.9 Å². The number of hydrogen-bond donors (Lipinski definition) is 2. The van der Waals surface area contributed by atoms with Gasteiger partial charge in [-0.15, -0.1) is 0 Å². The third-order valence-electron chi connectivity index (χ3n) is 8.56. The molecule has 2 bridgehead atoms. The molecule has 218 valence electrons. The molecule has 3 N–H and O–H groups in total. The minimum Gasteiger partial charge on any atom is -0.494 e. The molecular weight excluding hydrogens is 553 g/mol. The number of rotatable bonds is 6. The quantitative estimate of drug-likeness (QED) is 0.282. The topological polar surface area (TPSA) is 157 Å². The van der Waals surface area contributed by atoms with Crippen molar-refractivity contribution >= 4 is 23.2 Å². The minimum absolute atomic E-state index is 0.00988. The molecule has 0 saturated carbocycles. The Morgan fingerprint density at radius 3 is 2.47 bits per heavy atom. The molecule has 2 saturated heterocycles. The summed E-state index contributed by atoms with van der Waals surface area (Å²) in [7, 11) is 1.42. The van der Waals surface area contributed by atoms with Gasteiger partial charge < -0.3 is 15.4 Å². The normalized spacial score (nSPS) is 19.6. The van der Waals surface area contributed by atoms with Crippen LogP contribution >= 0.6 is 0 Å². The van der Waals surface area contributed by atoms with Gasteiger partial charge in [-0.25, -0.2) is 14.4 Å². The first-order valence-electron chi connectivity index (χ1n) is 14.0. The Morgan fingerprint density at radius 2 is 1.84 bits per heavy atom. The van der Waals surface area contributed by atoms with E-state index in [0.717, 1.165) is 18.4 Å². The minimum atomic E-state index is -0.469. The molecule has 2 unspecified atom stereocenters. The highest BCUT2D eigenvalue weighted by molar-refractivity contribution is 6.00. The third-order valence-corrected chi connectivity index (χ3v) is 8.56. The van der Waals surface area contributed by atoms with Crippen molar-refractivity contribution in [2.45, 2.75) is 50.6 Å². The highest BCUT2D eigenvalue weighted by Gasteiger charge is 2.45. The van der Waals surface area contributed by atoms with Gasteiger partial charge in [-0.3, -0.25) is 19.7 Å². The molecule has 43 heavy (non-hydrogen) atoms. The van der Waals surface area contributed by atoms with E-state index in [2.05, 4.69) is 25.3 Å². The van der Waals surface area contributed by atoms with E-state index in [-0.39, 0.29) is 47.1 Å². The molecule has 2 aliphatic heterocycles. The summed E-state index contributed by atoms with van der Waals surface area (Å²) in [6, 6.07) is 8.33. The fraction of sp³-hybridized carbons (Fsp3) is 0.300. The molecule has 3 atom stereocenters. The molecule has 6 heterocycles. The number of methoxy groups -OCH3 is 1. The lowest BCUT2D eigenvalue weighted by molar-refractivity contribution is 0.0556. The maximum Gasteiger partial charge on any atom is 0.291 e. The highest BCUT2D eigenvalue weighted by Crippen LogP contribution is 2.45. The number of carbonyl (C=O) groups is 2. The van der Waals surface area contributed by atoms with E-state index in [4.69, 9.17) is 15.5 Å². The molecule has 7 rings (SSSR count). The molecular formula is C30H28FN9O3. The Hall–Kier alpha value is -5.20. The van der Waals surface area contributed by atoms with Gasteiger partial charge in [-0.05, 0) is 56.9 Å². The number of anilines is 1. The van der Waals surface area contributed by atoms with Crippen molar-refractivity contribution in [1.82, 2.24) is 39.7 Å². The van der Waals surface area contributed by atoms with Crippen molar-refractivity contribution in [2.75, 3.05) is 12.8 Å². The number of nitrogens with zero attached hydrogens (tertiary/aromatic N) is 7. The smallest absolute Gasteiger partial charge is 0.291 e. The Morgan fingerprint density at radius 1 is 1.07 bits per heavy atom. The maximum absolute atomic E-state index is 14.3. The number of halogens is 1. The number of nitrogens with one attached hydrogen (secondary N) is 1. The Kier molecular flexibility index (Phi) is 6.37. The SMILES string of the molecule is COc1ccc(-c2ccc(-c3cnn4c(N)c(C(C)=O)c(C5CC6CC[C@@H](C5)N6C(=O)c5ncn[nH]5)nc34)cn2)cc1F. The van der Waals surface area contributed by atoms with Crippen LogP contribution in [0.4, 0.5) is 10.2 Å². The van der Waals surface area contributed by atoms with Crippen LogP contribution < -0.4 is 10.5 Å². The van der Waals surface area contributed by atoms with Gasteiger partial charge in [0.1, 0.15) is 12.1 Å². The van der Waals surface area contributed by atoms with Crippen molar-refractivity contribution in [1.29, 1.82) is 0 Å². The number of aromatic amines is 1. The molecule has 1 amide bonds. The van der Waals surface area contributed by atoms with Crippen LogP contribution in [-0.2, 0) is 0 Å². The van der Waals surface area contributed by atoms with Crippen LogP contribution in [0.2, 0.25) is 0 Å². The summed E-state index contributed by atoms with van der Waals surface area (Å²) in [5.41, 5.74) is 10.7. The van der Waals surface area contributed by atoms with Crippen LogP contribution in [0.25, 0.3) is 28.0 Å². The van der Waals surface area contributed by atoms with E-state index >= 15 is 0 Å². The van der Waals surface area contributed by atoms with Crippen LogP contribution in [0.5, 0.6) is 5.75 Å². The first-order chi connectivity index (χ1) is 20.8. The Labute approximate surface area is 245 Å². The number of piperidine rings is 1. The number of fused-ring (bicyclic) bond motifs is 3. The maximum atomic E-state index is 14.3. The molecule has 12 nitrogen and oxygen atoms in total. The molecule has 13 heteroatoms. The van der Waals surface area contributed by atoms with E-state index in [9.17, 15) is 14.0 Å². The second-order valence-corrected chi connectivity index (χ2v) is 11.0. The van der Waals surface area contributed by atoms with Gasteiger partial charge in [0.05, 0.1) is 30.3 Å². The zero-order valence-corrected chi connectivity index (χ0v) is 23.5. The fourth-order valence-electron chi connectivity index (χ4n) is 6.61. The first-order valence-corrected chi connectivity index (χ1v) is 14.0. The number of carbonyl (C=O) groups excluding carboxylic acids is 2. The van der Waals surface area contributed by atoms with E-state index in [1.54, 1.807) is 30.6 Å². The van der Waals surface area contributed by atoms with Gasteiger partial charge in [0.2, 0.25) is 5.82 Å². The van der Waals surface area contributed by atoms with Crippen LogP contribution in [0.3, 0.4) is 0 Å². The number of pyridine rings is 1. The number of ketones is 1. The van der Waals surface area contributed by atoms with Gasteiger partial charge in [0, 0.05) is 40.9 Å². The standard InChI is InChI=1S/C30H28FN9O3/c1-15(41)25-26(18-9-19-5-6-20(10-18)39(19)30(42)28-34-14-35-38-28)37-29-21(13-36-40(29)27(25)32)17-3-7-23(33-12-17)16-4-8-24(43-2)22(31)11-16/h3-4,7-8,11-14,18-20H,5-6,9-10,32H2,1-2H3,(H,34,35,38)/t18?,19-,20?/m0/s1. The number of ether oxygens (including phenoxy) is 1. The van der Waals surface area contributed by atoms with E-state index in [0.29, 0.717) is 46.6 Å². The lowest BCUT2D eigenvalue weighted by Gasteiger charge is -2.38. The lowest BCUT2D eigenvalue weighted by Crippen LogP contribution is -2.46. The molecule has 1 aromatic carbocycles. The second-order valence-electron chi connectivity index (χ2n) is 11.0. The van der Waals surface area contributed by atoms with Crippen LogP contribution in [0.15, 0.2) is 49.1 Å². The highest BCUT2D eigenvalue weighted by atomic mass is 19.1. The number of nitrogen functional groups attached to an aromatic ring is 1. The number of aromatic nitrogens is 7. The number of hydrogen-bond acceptors (Lipinski definition) is 9. The summed E-state index contributed by atoms with van der Waals surface area (Å²) < 4.78 is 20.8. The molecule has 0 aliphatic carbocycles. The van der Waals surface area contributed by atoms with Crippen molar-refractivity contribution in [3.63, 3.8) is 0 Å². The molecule has 0 radical (unpaired) electrons. The summed E-state index contributed by atoms with van der Waals surface area (Å²) in [5.74, 6) is -0.280. The zero-order valence-electron chi connectivity index (χ0n) is 23.5. The Bertz CT molecular complexity index is 1860. The molecule has 2 aliphatic rings. The largest absolute Gasteiger partial charge is 0.494 e. The Balaban J connectivity index is 1.24. The number of nitrogens with two attached hydrogens (primary N) is 1. The average molecular weight is 582 g/mol. The predicted octanol–water partition coefficient (Wildman–Crippen LogP) is 4.06. The predicted molar refractivity (Wildman–Crippen MR) is 154 cm³/mol. The summed E-state index contributed by atoms with van der Waals surface area (Å²) in [6.45, 7) is 1.48. The van der Waals surface area contributed by atoms with Crippen LogP contribution in [0.1, 0.15) is 65.2 Å². The summed E-state index contributed by atoms with van der Waals surface area (Å²) >= 11 is 0. The number of benzene rings is 1. The number of H-pyrrole nitrogens is 1. The van der Waals surface area contributed by atoms with Crippen molar-refractivity contribution < 1.29 is 18.7 Å². The fourth-order valence-corrected chi connectivity index (χ4v) is 6.61. The third kappa shape index (κ3) is 4.39. The van der Waals surface area contributed by atoms with Crippen molar-refractivity contribution in [3.05, 3.63) is 72.0 Å². The van der Waals surface area contributed by atoms with Crippen LogP contribution in [0, 0.1) is 5.82 Å². The van der Waals surface area contributed by atoms with Gasteiger partial charge in [-0.2, -0.15) is 14.7 Å². The molecule has 0 spiro atoms. The molecule has 2 fully saturated rings. The van der Waals surface area contributed by atoms with Gasteiger partial charge >= 0.3 is 0 Å². The monoisotopic (exact) mass is 581 g/mol. The van der Waals surface area contributed by atoms with Gasteiger partial charge in [0.25, 0.3) is 5.91 Å². The van der Waals surface area contributed by atoms with E-state index < -0.39 is 5.82 Å². The molecule has 4 aromatic heterocycles. The van der Waals surface area contributed by atoms with Crippen molar-refractivity contribution in [2.24, 2.45) is 0 Å². The van der Waals surface area contributed by atoms with Crippen molar-refractivity contribution in [3.8, 4) is 28.1 Å². The van der Waals surface area contributed by atoms with Gasteiger partial charge in [0.15, 0.2) is 23.0 Å².